The molecule has 0 aliphatic rings. The van der Waals surface area contributed by atoms with Gasteiger partial charge in [-0.05, 0) is 35.7 Å². The van der Waals surface area contributed by atoms with Crippen molar-refractivity contribution in [2.24, 2.45) is 0 Å². The van der Waals surface area contributed by atoms with Gasteiger partial charge in [0.2, 0.25) is 5.91 Å². The van der Waals surface area contributed by atoms with Gasteiger partial charge in [-0.15, -0.1) is 21.5 Å². The van der Waals surface area contributed by atoms with Gasteiger partial charge in [0, 0.05) is 12.1 Å². The first-order valence-corrected chi connectivity index (χ1v) is 10.4. The molecular weight excluding hydrogens is 407 g/mol. The lowest BCUT2D eigenvalue weighted by Crippen LogP contribution is -2.14. The lowest BCUT2D eigenvalue weighted by atomic mass is 10.3. The van der Waals surface area contributed by atoms with Gasteiger partial charge in [-0.3, -0.25) is 9.20 Å². The number of fused-ring (bicyclic) bond motifs is 3. The molecule has 138 valence electrons. The average Bonchev–Trinajstić information content (AvgIpc) is 3.24. The summed E-state index contributed by atoms with van der Waals surface area (Å²) < 4.78 is 16.5. The minimum Gasteiger partial charge on any atom is -0.325 e. The molecule has 4 aromatic rings. The number of amides is 1. The molecule has 0 fully saturated rings. The molecule has 5 nitrogen and oxygen atoms in total. The lowest BCUT2D eigenvalue weighted by molar-refractivity contribution is -0.113. The fraction of sp³-hybridized carbons (Fsp3) is 0.167. The van der Waals surface area contributed by atoms with Crippen LogP contribution in [0.2, 0.25) is 5.02 Å². The number of carbonyl (C=O) groups excluding carboxylic acids is 1. The number of anilines is 1. The minimum atomic E-state index is -0.522. The van der Waals surface area contributed by atoms with E-state index in [0.29, 0.717) is 10.7 Å². The van der Waals surface area contributed by atoms with Crippen LogP contribution in [0.5, 0.6) is 0 Å². The van der Waals surface area contributed by atoms with Crippen molar-refractivity contribution in [1.82, 2.24) is 14.6 Å². The number of thiophene rings is 1. The van der Waals surface area contributed by atoms with Crippen LogP contribution in [0.15, 0.2) is 40.7 Å². The molecule has 1 amide bonds. The van der Waals surface area contributed by atoms with Gasteiger partial charge < -0.3 is 5.32 Å². The van der Waals surface area contributed by atoms with E-state index in [-0.39, 0.29) is 16.7 Å². The van der Waals surface area contributed by atoms with Gasteiger partial charge in [0.05, 0.1) is 26.5 Å². The van der Waals surface area contributed by atoms with Crippen LogP contribution in [-0.4, -0.2) is 26.3 Å². The number of aromatic nitrogens is 3. The number of nitrogens with one attached hydrogen (secondary N) is 1. The molecule has 0 saturated heterocycles. The van der Waals surface area contributed by atoms with Crippen molar-refractivity contribution in [2.75, 3.05) is 11.1 Å². The van der Waals surface area contributed by atoms with E-state index in [9.17, 15) is 9.18 Å². The summed E-state index contributed by atoms with van der Waals surface area (Å²) in [4.78, 5) is 12.2. The second-order valence-corrected chi connectivity index (χ2v) is 8.09. The van der Waals surface area contributed by atoms with E-state index in [2.05, 4.69) is 32.0 Å². The number of hydrogen-bond acceptors (Lipinski definition) is 5. The number of nitrogens with zero attached hydrogens (tertiary/aromatic N) is 3. The van der Waals surface area contributed by atoms with Gasteiger partial charge >= 0.3 is 0 Å². The third-order valence-electron chi connectivity index (χ3n) is 4.02. The van der Waals surface area contributed by atoms with E-state index >= 15 is 0 Å². The van der Waals surface area contributed by atoms with Gasteiger partial charge in [0.15, 0.2) is 0 Å². The van der Waals surface area contributed by atoms with Crippen LogP contribution in [0.4, 0.5) is 10.1 Å². The maximum absolute atomic E-state index is 13.2. The summed E-state index contributed by atoms with van der Waals surface area (Å²) in [7, 11) is 0. The molecule has 0 spiro atoms. The van der Waals surface area contributed by atoms with Gasteiger partial charge in [-0.2, -0.15) is 0 Å². The van der Waals surface area contributed by atoms with E-state index in [1.54, 1.807) is 11.3 Å². The number of halogens is 2. The van der Waals surface area contributed by atoms with Gasteiger partial charge in [-0.1, -0.05) is 30.3 Å². The SMILES string of the molecule is CCc1nnc(SCC(=O)Nc2ccc(F)c(Cl)c2)c2cc3sccc3n12. The largest absolute Gasteiger partial charge is 0.325 e. The van der Waals surface area contributed by atoms with Crippen LogP contribution >= 0.6 is 34.7 Å². The molecule has 1 N–H and O–H groups in total. The first-order chi connectivity index (χ1) is 13.1. The smallest absolute Gasteiger partial charge is 0.234 e. The standard InChI is InChI=1S/C18H14ClFN4OS2/c1-2-16-22-23-18(14-8-15-13(24(14)16)5-6-26-15)27-9-17(25)21-10-3-4-12(20)11(19)7-10/h3-8H,2,9H2,1H3,(H,21,25). The number of rotatable bonds is 5. The fourth-order valence-corrected chi connectivity index (χ4v) is 4.52. The van der Waals surface area contributed by atoms with Crippen molar-refractivity contribution in [3.8, 4) is 0 Å². The monoisotopic (exact) mass is 420 g/mol. The molecule has 0 aliphatic carbocycles. The van der Waals surface area contributed by atoms with Crippen LogP contribution in [0.1, 0.15) is 12.7 Å². The molecule has 0 saturated carbocycles. The zero-order valence-electron chi connectivity index (χ0n) is 14.2. The Morgan fingerprint density at radius 2 is 2.15 bits per heavy atom. The van der Waals surface area contributed by atoms with Crippen molar-refractivity contribution >= 4 is 62.0 Å². The number of aryl methyl sites for hydroxylation is 1. The van der Waals surface area contributed by atoms with E-state index in [1.807, 2.05) is 12.3 Å². The summed E-state index contributed by atoms with van der Waals surface area (Å²) in [5.41, 5.74) is 2.51. The third-order valence-corrected chi connectivity index (χ3v) is 6.13. The van der Waals surface area contributed by atoms with Crippen molar-refractivity contribution in [1.29, 1.82) is 0 Å². The van der Waals surface area contributed by atoms with E-state index in [4.69, 9.17) is 11.6 Å². The molecule has 1 aromatic carbocycles. The highest BCUT2D eigenvalue weighted by Crippen LogP contribution is 2.31. The summed E-state index contributed by atoms with van der Waals surface area (Å²) in [6.07, 6.45) is 0.764. The Morgan fingerprint density at radius 1 is 1.30 bits per heavy atom. The maximum atomic E-state index is 13.2. The van der Waals surface area contributed by atoms with Crippen LogP contribution in [-0.2, 0) is 11.2 Å². The Bertz CT molecular complexity index is 1160. The topological polar surface area (TPSA) is 59.3 Å². The van der Waals surface area contributed by atoms with Crippen molar-refractivity contribution in [3.63, 3.8) is 0 Å². The Labute approximate surface area is 167 Å². The number of thioether (sulfide) groups is 1. The zero-order valence-corrected chi connectivity index (χ0v) is 16.6. The Hall–Kier alpha value is -2.16. The van der Waals surface area contributed by atoms with Crippen molar-refractivity contribution in [3.05, 3.63) is 52.4 Å². The van der Waals surface area contributed by atoms with Gasteiger partial charge in [0.1, 0.15) is 16.7 Å². The number of carbonyl (C=O) groups is 1. The van der Waals surface area contributed by atoms with E-state index in [1.165, 1.54) is 30.0 Å². The summed E-state index contributed by atoms with van der Waals surface area (Å²) in [5.74, 6) is 0.290. The molecule has 3 heterocycles. The van der Waals surface area contributed by atoms with Crippen LogP contribution in [0.3, 0.4) is 0 Å². The Morgan fingerprint density at radius 3 is 2.93 bits per heavy atom. The summed E-state index contributed by atoms with van der Waals surface area (Å²) in [5, 5.41) is 14.0. The molecule has 0 radical (unpaired) electrons. The summed E-state index contributed by atoms with van der Waals surface area (Å²) in [6, 6.07) is 8.21. The minimum absolute atomic E-state index is 0.0311. The number of benzene rings is 1. The molecule has 0 atom stereocenters. The van der Waals surface area contributed by atoms with E-state index < -0.39 is 5.82 Å². The van der Waals surface area contributed by atoms with Crippen LogP contribution in [0, 0.1) is 5.82 Å². The predicted octanol–water partition coefficient (Wildman–Crippen LogP) is 5.03. The second kappa shape index (κ2) is 7.46. The van der Waals surface area contributed by atoms with E-state index in [0.717, 1.165) is 28.0 Å². The fourth-order valence-electron chi connectivity index (χ4n) is 2.80. The quantitative estimate of drug-likeness (QED) is 0.460. The molecule has 4 rings (SSSR count). The highest BCUT2D eigenvalue weighted by atomic mass is 35.5. The molecule has 0 aliphatic heterocycles. The second-order valence-electron chi connectivity index (χ2n) is 5.78. The van der Waals surface area contributed by atoms with Crippen LogP contribution in [0.25, 0.3) is 15.7 Å². The average molecular weight is 421 g/mol. The lowest BCUT2D eigenvalue weighted by Gasteiger charge is -2.08. The van der Waals surface area contributed by atoms with Gasteiger partial charge in [-0.25, -0.2) is 4.39 Å². The van der Waals surface area contributed by atoms with Gasteiger partial charge in [0.25, 0.3) is 0 Å². The molecule has 27 heavy (non-hydrogen) atoms. The molecule has 0 unspecified atom stereocenters. The normalized spacial score (nSPS) is 11.4. The first kappa shape index (κ1) is 18.2. The molecular formula is C18H14ClFN4OS2. The maximum Gasteiger partial charge on any atom is 0.234 e. The molecule has 9 heteroatoms. The zero-order chi connectivity index (χ0) is 19.0. The Kier molecular flexibility index (Phi) is 5.03. The first-order valence-electron chi connectivity index (χ1n) is 8.18. The van der Waals surface area contributed by atoms with Crippen LogP contribution < -0.4 is 5.32 Å². The molecule has 0 bridgehead atoms. The number of hydrogen-bond donors (Lipinski definition) is 1. The van der Waals surface area contributed by atoms with Crippen molar-refractivity contribution in [2.45, 2.75) is 18.4 Å². The summed E-state index contributed by atoms with van der Waals surface area (Å²) in [6.45, 7) is 2.04. The van der Waals surface area contributed by atoms with Crippen molar-refractivity contribution < 1.29 is 9.18 Å². The highest BCUT2D eigenvalue weighted by molar-refractivity contribution is 8.00. The molecule has 3 aromatic heterocycles. The Balaban J connectivity index is 1.55. The third kappa shape index (κ3) is 3.52. The highest BCUT2D eigenvalue weighted by Gasteiger charge is 2.15. The predicted molar refractivity (Wildman–Crippen MR) is 109 cm³/mol. The summed E-state index contributed by atoms with van der Waals surface area (Å²) >= 11 is 8.72.